The van der Waals surface area contributed by atoms with Crippen LogP contribution in [0, 0.1) is 37.0 Å². The van der Waals surface area contributed by atoms with Crippen molar-refractivity contribution in [1.82, 2.24) is 15.9 Å². The zero-order valence-electron chi connectivity index (χ0n) is 29.4. The van der Waals surface area contributed by atoms with Gasteiger partial charge in [0.15, 0.2) is 0 Å². The highest BCUT2D eigenvalue weighted by Gasteiger charge is 2.52. The Morgan fingerprint density at radius 3 is 2.04 bits per heavy atom. The van der Waals surface area contributed by atoms with Gasteiger partial charge in [-0.2, -0.15) is 5.10 Å². The van der Waals surface area contributed by atoms with Crippen molar-refractivity contribution < 1.29 is 19.4 Å². The summed E-state index contributed by atoms with van der Waals surface area (Å²) in [6, 6.07) is 11.5. The normalized spacial score (nSPS) is 19.5. The number of hydrazine groups is 1. The summed E-state index contributed by atoms with van der Waals surface area (Å²) in [5.74, 6) is -0.0851. The average Bonchev–Trinajstić information content (AvgIpc) is 3.27. The van der Waals surface area contributed by atoms with E-state index >= 15 is 0 Å². The molecule has 12 nitrogen and oxygen atoms in total. The van der Waals surface area contributed by atoms with E-state index < -0.39 is 9.85 Å². The van der Waals surface area contributed by atoms with Crippen molar-refractivity contribution in [3.8, 4) is 0 Å². The Labute approximate surface area is 283 Å². The zero-order valence-corrected chi connectivity index (χ0v) is 29.4. The molecule has 2 fully saturated rings. The first-order chi connectivity index (χ1) is 22.3. The monoisotopic (exact) mass is 662 g/mol. The summed E-state index contributed by atoms with van der Waals surface area (Å²) in [5, 5.41) is 27.0. The molecule has 260 valence electrons. The number of nitrogens with zero attached hydrogens (tertiary/aromatic N) is 4. The number of amides is 2. The van der Waals surface area contributed by atoms with Crippen LogP contribution in [0.5, 0.6) is 0 Å². The van der Waals surface area contributed by atoms with E-state index in [9.17, 15) is 29.8 Å². The number of rotatable bonds is 10. The fourth-order valence-electron chi connectivity index (χ4n) is 6.29. The maximum atomic E-state index is 12.9. The second kappa shape index (κ2) is 15.6. The van der Waals surface area contributed by atoms with E-state index in [2.05, 4.69) is 77.4 Å². The lowest BCUT2D eigenvalue weighted by molar-refractivity contribution is -0.385. The van der Waals surface area contributed by atoms with Crippen LogP contribution in [0.1, 0.15) is 115 Å². The van der Waals surface area contributed by atoms with E-state index in [-0.39, 0.29) is 39.6 Å². The molecule has 2 N–H and O–H groups in total. The zero-order chi connectivity index (χ0) is 35.9. The molecule has 2 amide bonds. The van der Waals surface area contributed by atoms with Gasteiger partial charge in [-0.15, -0.1) is 0 Å². The van der Waals surface area contributed by atoms with Crippen LogP contribution in [0.3, 0.4) is 0 Å². The second-order valence-electron chi connectivity index (χ2n) is 15.1. The lowest BCUT2D eigenvalue weighted by Gasteiger charge is -2.40. The maximum absolute atomic E-state index is 12.9. The van der Waals surface area contributed by atoms with Gasteiger partial charge in [0.2, 0.25) is 0 Å². The molecule has 12 heteroatoms. The average molecular weight is 663 g/mol. The summed E-state index contributed by atoms with van der Waals surface area (Å²) < 4.78 is 0. The second-order valence-corrected chi connectivity index (χ2v) is 15.1. The first kappa shape index (κ1) is 38.0. The molecule has 48 heavy (non-hydrogen) atoms. The minimum absolute atomic E-state index is 0.00406. The molecule has 2 aliphatic rings. The van der Waals surface area contributed by atoms with Gasteiger partial charge in [-0.05, 0) is 101 Å². The number of fused-ring (bicyclic) bond motifs is 1. The van der Waals surface area contributed by atoms with Crippen molar-refractivity contribution in [2.45, 2.75) is 105 Å². The predicted molar refractivity (Wildman–Crippen MR) is 188 cm³/mol. The molecule has 0 radical (unpaired) electrons. The number of nitro benzene ring substituents is 2. The van der Waals surface area contributed by atoms with E-state index in [0.29, 0.717) is 23.1 Å². The Morgan fingerprint density at radius 2 is 1.52 bits per heavy atom. The summed E-state index contributed by atoms with van der Waals surface area (Å²) in [6.07, 6.45) is 10.1. The minimum Gasteiger partial charge on any atom is -0.268 e. The van der Waals surface area contributed by atoms with Crippen LogP contribution in [0.4, 0.5) is 11.4 Å². The van der Waals surface area contributed by atoms with Gasteiger partial charge in [0.25, 0.3) is 23.2 Å². The Balaban J connectivity index is 0.000000260. The van der Waals surface area contributed by atoms with Gasteiger partial charge < -0.3 is 0 Å². The molecule has 0 aromatic heterocycles. The molecule has 4 rings (SSSR count). The molecular weight excluding hydrogens is 612 g/mol. The van der Waals surface area contributed by atoms with E-state index in [1.165, 1.54) is 60.5 Å². The van der Waals surface area contributed by atoms with Crippen LogP contribution in [0.15, 0.2) is 65.3 Å². The molecule has 0 spiro atoms. The fraction of sp³-hybridized carbons (Fsp3) is 0.528. The number of hydrogen-bond acceptors (Lipinski definition) is 8. The lowest BCUT2D eigenvalue weighted by atomic mass is 9.66. The van der Waals surface area contributed by atoms with Crippen molar-refractivity contribution in [2.75, 3.05) is 0 Å². The third-order valence-corrected chi connectivity index (χ3v) is 9.31. The van der Waals surface area contributed by atoms with E-state index in [0.717, 1.165) is 32.1 Å². The largest absolute Gasteiger partial charge is 0.271 e. The van der Waals surface area contributed by atoms with Crippen LogP contribution >= 0.6 is 0 Å². The molecule has 2 aromatic carbocycles. The minimum atomic E-state index is -0.503. The van der Waals surface area contributed by atoms with Gasteiger partial charge in [-0.25, -0.2) is 10.9 Å². The van der Waals surface area contributed by atoms with E-state index in [1.54, 1.807) is 11.2 Å². The van der Waals surface area contributed by atoms with Crippen molar-refractivity contribution in [3.05, 3.63) is 91.5 Å². The van der Waals surface area contributed by atoms with Crippen LogP contribution < -0.4 is 10.9 Å². The Morgan fingerprint density at radius 1 is 0.979 bits per heavy atom. The van der Waals surface area contributed by atoms with Crippen LogP contribution in [0.2, 0.25) is 0 Å². The third-order valence-electron chi connectivity index (χ3n) is 9.31. The molecule has 1 saturated carbocycles. The third kappa shape index (κ3) is 10.3. The highest BCUT2D eigenvalue weighted by Crippen LogP contribution is 2.47. The van der Waals surface area contributed by atoms with Crippen LogP contribution in [-0.4, -0.2) is 44.5 Å². The van der Waals surface area contributed by atoms with Gasteiger partial charge in [0, 0.05) is 53.6 Å². The molecule has 1 saturated heterocycles. The highest BCUT2D eigenvalue weighted by molar-refractivity contribution is 5.95. The maximum Gasteiger partial charge on any atom is 0.271 e. The number of hydrazone groups is 1. The lowest BCUT2D eigenvalue weighted by Crippen LogP contribution is -2.50. The number of nitro groups is 2. The molecule has 2 aromatic rings. The Kier molecular flexibility index (Phi) is 12.4. The van der Waals surface area contributed by atoms with Gasteiger partial charge in [-0.3, -0.25) is 34.8 Å². The van der Waals surface area contributed by atoms with Crippen molar-refractivity contribution in [2.24, 2.45) is 21.8 Å². The fourth-order valence-corrected chi connectivity index (χ4v) is 6.29. The van der Waals surface area contributed by atoms with Crippen molar-refractivity contribution >= 4 is 29.4 Å². The van der Waals surface area contributed by atoms with Gasteiger partial charge in [0.1, 0.15) is 0 Å². The van der Waals surface area contributed by atoms with E-state index in [4.69, 9.17) is 0 Å². The first-order valence-corrected chi connectivity index (χ1v) is 16.4. The summed E-state index contributed by atoms with van der Waals surface area (Å²) >= 11 is 0. The van der Waals surface area contributed by atoms with Gasteiger partial charge in [-0.1, -0.05) is 39.3 Å². The number of allylic oxidation sites excluding steroid dienone is 2. The van der Waals surface area contributed by atoms with Gasteiger partial charge in [0.05, 0.1) is 15.4 Å². The highest BCUT2D eigenvalue weighted by atomic mass is 16.6. The standard InChI is InChI=1S/2C18H25N3O3/c1-17(2)10-9-14-15(11-17)19-20(18(14,3)4)16(22)12-5-7-13(8-6-12)21(23)24;1-14(2)6-5-11-18(3,4)12-13-19-20-17(22)15-7-9-16(10-8-15)21(23)24/h5-8,14-15,19H,9-11H2,1-4H3;6-10,13H,5,11-12H2,1-4H3,(H,20,22)/b;19-13+/t14-,15-;/m0./s1. The number of carbonyl (C=O) groups is 2. The molecule has 0 bridgehead atoms. The summed E-state index contributed by atoms with van der Waals surface area (Å²) in [4.78, 5) is 45.2. The SMILES string of the molecule is CC(C)=CCCC(C)(C)C/C=N/NC(=O)c1ccc([N+](=O)[O-])cc1.CC1(C)CC[C@H]2[C@H](C1)NN(C(=O)c1ccc([N+](=O)[O-])cc1)C2(C)C. The number of hydrogen-bond donors (Lipinski definition) is 2. The first-order valence-electron chi connectivity index (χ1n) is 16.4. The number of benzene rings is 2. The summed E-state index contributed by atoms with van der Waals surface area (Å²) in [5.41, 5.74) is 8.05. The van der Waals surface area contributed by atoms with Crippen LogP contribution in [0.25, 0.3) is 0 Å². The molecule has 1 heterocycles. The topological polar surface area (TPSA) is 160 Å². The van der Waals surface area contributed by atoms with Crippen LogP contribution in [-0.2, 0) is 0 Å². The van der Waals surface area contributed by atoms with Crippen molar-refractivity contribution in [1.29, 1.82) is 0 Å². The molecular formula is C36H50N6O6. The number of carbonyl (C=O) groups excluding carboxylic acids is 2. The summed E-state index contributed by atoms with van der Waals surface area (Å²) in [6.45, 7) is 17.3. The summed E-state index contributed by atoms with van der Waals surface area (Å²) in [7, 11) is 0. The van der Waals surface area contributed by atoms with E-state index in [1.807, 2.05) is 0 Å². The van der Waals surface area contributed by atoms with Crippen molar-refractivity contribution in [3.63, 3.8) is 0 Å². The molecule has 2 atom stereocenters. The number of non-ortho nitro benzene ring substituents is 2. The molecule has 1 aliphatic carbocycles. The quantitative estimate of drug-likeness (QED) is 0.113. The Bertz CT molecular complexity index is 1520. The van der Waals surface area contributed by atoms with Gasteiger partial charge >= 0.3 is 0 Å². The molecule has 0 unspecified atom stereocenters. The number of nitrogens with one attached hydrogen (secondary N) is 2. The smallest absolute Gasteiger partial charge is 0.268 e. The Hall–Kier alpha value is -4.45. The molecule has 1 aliphatic heterocycles. The predicted octanol–water partition coefficient (Wildman–Crippen LogP) is 8.00.